The molecule has 194 valence electrons. The van der Waals surface area contributed by atoms with Gasteiger partial charge in [-0.2, -0.15) is 5.26 Å². The van der Waals surface area contributed by atoms with Gasteiger partial charge in [0.1, 0.15) is 23.5 Å². The molecule has 2 saturated heterocycles. The highest BCUT2D eigenvalue weighted by molar-refractivity contribution is 5.67. The SMILES string of the molecule is CN1CCCC1CCOc1ccc(-c2cnc3ccc(N4CCCC4c4cccc(F)c4)nn23)cc1C#N. The van der Waals surface area contributed by atoms with Crippen molar-refractivity contribution in [3.8, 4) is 23.1 Å². The minimum Gasteiger partial charge on any atom is -0.492 e. The summed E-state index contributed by atoms with van der Waals surface area (Å²) in [6, 6.07) is 19.4. The van der Waals surface area contributed by atoms with Crippen LogP contribution in [0.2, 0.25) is 0 Å². The number of benzene rings is 2. The molecule has 0 N–H and O–H groups in total. The van der Waals surface area contributed by atoms with Crippen LogP contribution in [0.5, 0.6) is 5.75 Å². The zero-order valence-electron chi connectivity index (χ0n) is 21.6. The van der Waals surface area contributed by atoms with Gasteiger partial charge in [0.25, 0.3) is 0 Å². The van der Waals surface area contributed by atoms with Crippen molar-refractivity contribution in [1.82, 2.24) is 19.5 Å². The Kier molecular flexibility index (Phi) is 6.69. The topological polar surface area (TPSA) is 69.7 Å². The minimum absolute atomic E-state index is 0.0771. The van der Waals surface area contributed by atoms with E-state index in [1.807, 2.05) is 40.9 Å². The minimum atomic E-state index is -0.221. The molecule has 2 aliphatic heterocycles. The van der Waals surface area contributed by atoms with Gasteiger partial charge in [0.2, 0.25) is 0 Å². The maximum Gasteiger partial charge on any atom is 0.154 e. The summed E-state index contributed by atoms with van der Waals surface area (Å²) < 4.78 is 21.8. The molecular weight excluding hydrogens is 479 g/mol. The van der Waals surface area contributed by atoms with Gasteiger partial charge in [-0.1, -0.05) is 12.1 Å². The lowest BCUT2D eigenvalue weighted by molar-refractivity contribution is 0.233. The van der Waals surface area contributed by atoms with Gasteiger partial charge in [-0.15, -0.1) is 5.10 Å². The van der Waals surface area contributed by atoms with Crippen LogP contribution in [0.1, 0.15) is 49.3 Å². The second kappa shape index (κ2) is 10.4. The number of rotatable bonds is 7. The smallest absolute Gasteiger partial charge is 0.154 e. The van der Waals surface area contributed by atoms with E-state index >= 15 is 0 Å². The number of likely N-dealkylation sites (tertiary alicyclic amines) is 1. The first-order valence-electron chi connectivity index (χ1n) is 13.3. The van der Waals surface area contributed by atoms with Crippen LogP contribution < -0.4 is 9.64 Å². The van der Waals surface area contributed by atoms with Crippen LogP contribution in [-0.4, -0.2) is 52.3 Å². The lowest BCUT2D eigenvalue weighted by Crippen LogP contribution is -2.26. The largest absolute Gasteiger partial charge is 0.492 e. The summed E-state index contributed by atoms with van der Waals surface area (Å²) >= 11 is 0. The van der Waals surface area contributed by atoms with E-state index in [1.54, 1.807) is 18.3 Å². The number of nitriles is 1. The van der Waals surface area contributed by atoms with Crippen molar-refractivity contribution < 1.29 is 9.13 Å². The number of imidazole rings is 1. The lowest BCUT2D eigenvalue weighted by atomic mass is 10.0. The highest BCUT2D eigenvalue weighted by atomic mass is 19.1. The summed E-state index contributed by atoms with van der Waals surface area (Å²) in [5.41, 5.74) is 3.84. The van der Waals surface area contributed by atoms with E-state index in [9.17, 15) is 9.65 Å². The third-order valence-corrected chi connectivity index (χ3v) is 7.90. The van der Waals surface area contributed by atoms with Gasteiger partial charge in [0, 0.05) is 18.2 Å². The highest BCUT2D eigenvalue weighted by Crippen LogP contribution is 2.36. The van der Waals surface area contributed by atoms with Crippen molar-refractivity contribution in [2.24, 2.45) is 0 Å². The van der Waals surface area contributed by atoms with Gasteiger partial charge in [-0.25, -0.2) is 13.9 Å². The predicted molar refractivity (Wildman–Crippen MR) is 145 cm³/mol. The number of anilines is 1. The number of fused-ring (bicyclic) bond motifs is 1. The van der Waals surface area contributed by atoms with E-state index in [0.717, 1.165) is 60.6 Å². The van der Waals surface area contributed by atoms with E-state index in [-0.39, 0.29) is 11.9 Å². The summed E-state index contributed by atoms with van der Waals surface area (Å²) in [7, 11) is 2.16. The standard InChI is InChI=1S/C30H31FN6O/c1-35-14-3-7-25(35)13-16-38-28-10-9-22(17-23(28)19-32)27-20-33-29-11-12-30(34-37(27)29)36-15-4-8-26(36)21-5-2-6-24(31)18-21/h2,5-6,9-12,17-18,20,25-26H,3-4,7-8,13-16H2,1H3. The number of halogens is 1. The van der Waals surface area contributed by atoms with Crippen molar-refractivity contribution in [2.45, 2.75) is 44.2 Å². The van der Waals surface area contributed by atoms with Crippen molar-refractivity contribution >= 4 is 11.5 Å². The van der Waals surface area contributed by atoms with Crippen LogP contribution in [0.15, 0.2) is 60.8 Å². The first-order chi connectivity index (χ1) is 18.6. The molecule has 7 nitrogen and oxygen atoms in total. The van der Waals surface area contributed by atoms with Crippen molar-refractivity contribution in [3.05, 3.63) is 77.7 Å². The molecule has 2 aliphatic rings. The normalized spacial score (nSPS) is 19.8. The number of ether oxygens (including phenoxy) is 1. The molecule has 2 fully saturated rings. The number of nitrogens with zero attached hydrogens (tertiary/aromatic N) is 6. The second-order valence-corrected chi connectivity index (χ2v) is 10.2. The molecule has 6 rings (SSSR count). The zero-order chi connectivity index (χ0) is 26.1. The first kappa shape index (κ1) is 24.4. The second-order valence-electron chi connectivity index (χ2n) is 10.2. The third-order valence-electron chi connectivity index (χ3n) is 7.90. The van der Waals surface area contributed by atoms with Crippen LogP contribution >= 0.6 is 0 Å². The van der Waals surface area contributed by atoms with Gasteiger partial charge < -0.3 is 14.5 Å². The van der Waals surface area contributed by atoms with Crippen LogP contribution in [0.25, 0.3) is 16.9 Å². The molecule has 2 aromatic carbocycles. The van der Waals surface area contributed by atoms with E-state index < -0.39 is 0 Å². The maximum absolute atomic E-state index is 13.9. The van der Waals surface area contributed by atoms with Crippen LogP contribution in [0.3, 0.4) is 0 Å². The Morgan fingerprint density at radius 3 is 2.79 bits per heavy atom. The number of aromatic nitrogens is 3. The molecule has 4 heterocycles. The van der Waals surface area contributed by atoms with E-state index in [2.05, 4.69) is 27.9 Å². The van der Waals surface area contributed by atoms with E-state index in [1.165, 1.54) is 18.9 Å². The van der Waals surface area contributed by atoms with E-state index in [4.69, 9.17) is 9.84 Å². The molecular formula is C30H31FN6O. The van der Waals surface area contributed by atoms with Crippen molar-refractivity contribution in [2.75, 3.05) is 31.6 Å². The Balaban J connectivity index is 1.25. The Labute approximate surface area is 222 Å². The highest BCUT2D eigenvalue weighted by Gasteiger charge is 2.28. The Morgan fingerprint density at radius 2 is 1.97 bits per heavy atom. The fourth-order valence-electron chi connectivity index (χ4n) is 5.87. The summed E-state index contributed by atoms with van der Waals surface area (Å²) in [4.78, 5) is 9.16. The van der Waals surface area contributed by atoms with Gasteiger partial charge in [0.05, 0.1) is 30.1 Å². The fraction of sp³-hybridized carbons (Fsp3) is 0.367. The van der Waals surface area contributed by atoms with Gasteiger partial charge in [0.15, 0.2) is 5.65 Å². The molecule has 8 heteroatoms. The summed E-state index contributed by atoms with van der Waals surface area (Å²) in [5, 5.41) is 14.8. The summed E-state index contributed by atoms with van der Waals surface area (Å²) in [6.07, 6.45) is 7.14. The Bertz CT molecular complexity index is 1490. The molecule has 2 aromatic heterocycles. The summed E-state index contributed by atoms with van der Waals surface area (Å²) in [5.74, 6) is 1.21. The number of hydrogen-bond acceptors (Lipinski definition) is 6. The quantitative estimate of drug-likeness (QED) is 0.322. The Hall–Kier alpha value is -3.96. The van der Waals surface area contributed by atoms with Gasteiger partial charge >= 0.3 is 0 Å². The third kappa shape index (κ3) is 4.70. The molecule has 0 radical (unpaired) electrons. The van der Waals surface area contributed by atoms with Crippen LogP contribution in [0, 0.1) is 17.1 Å². The average molecular weight is 511 g/mol. The zero-order valence-corrected chi connectivity index (χ0v) is 21.6. The van der Waals surface area contributed by atoms with Crippen LogP contribution in [0.4, 0.5) is 10.2 Å². The number of hydrogen-bond donors (Lipinski definition) is 0. The lowest BCUT2D eigenvalue weighted by Gasteiger charge is -2.26. The molecule has 0 saturated carbocycles. The molecule has 38 heavy (non-hydrogen) atoms. The first-order valence-corrected chi connectivity index (χ1v) is 13.3. The fourth-order valence-corrected chi connectivity index (χ4v) is 5.87. The maximum atomic E-state index is 13.9. The molecule has 2 atom stereocenters. The van der Waals surface area contributed by atoms with Crippen molar-refractivity contribution in [3.63, 3.8) is 0 Å². The molecule has 4 aromatic rings. The average Bonchev–Trinajstić information content (AvgIpc) is 3.68. The van der Waals surface area contributed by atoms with Crippen LogP contribution in [-0.2, 0) is 0 Å². The van der Waals surface area contributed by atoms with Gasteiger partial charge in [-0.3, -0.25) is 0 Å². The van der Waals surface area contributed by atoms with Gasteiger partial charge in [-0.05, 0) is 93.7 Å². The molecule has 0 aliphatic carbocycles. The monoisotopic (exact) mass is 510 g/mol. The molecule has 0 bridgehead atoms. The molecule has 0 amide bonds. The predicted octanol–water partition coefficient (Wildman–Crippen LogP) is 5.61. The molecule has 0 spiro atoms. The Morgan fingerprint density at radius 1 is 1.08 bits per heavy atom. The van der Waals surface area contributed by atoms with Crippen molar-refractivity contribution in [1.29, 1.82) is 5.26 Å². The molecule has 2 unspecified atom stereocenters. The van der Waals surface area contributed by atoms with E-state index in [0.29, 0.717) is 24.0 Å². The summed E-state index contributed by atoms with van der Waals surface area (Å²) in [6.45, 7) is 2.58.